The van der Waals surface area contributed by atoms with Gasteiger partial charge >= 0.3 is 0 Å². The molecule has 0 unspecified atom stereocenters. The van der Waals surface area contributed by atoms with Crippen molar-refractivity contribution in [1.82, 2.24) is 0 Å². The zero-order valence-corrected chi connectivity index (χ0v) is 17.5. The zero-order chi connectivity index (χ0) is 20.8. The average molecular weight is 470 g/mol. The molecule has 0 spiro atoms. The predicted molar refractivity (Wildman–Crippen MR) is 117 cm³/mol. The third kappa shape index (κ3) is 5.54. The van der Waals surface area contributed by atoms with Crippen molar-refractivity contribution in [3.8, 4) is 6.07 Å². The second kappa shape index (κ2) is 9.51. The first-order chi connectivity index (χ1) is 14.0. The number of nitriles is 1. The molecule has 3 nitrogen and oxygen atoms in total. The molecule has 1 N–H and O–H groups in total. The SMILES string of the molecule is N#C/C(=C\c1cc(Br)ccc1Cc1ccccc1F)C(=O)Nc1cccc(Cl)c1. The van der Waals surface area contributed by atoms with Crippen LogP contribution in [0, 0.1) is 17.1 Å². The van der Waals surface area contributed by atoms with E-state index >= 15 is 0 Å². The van der Waals surface area contributed by atoms with Crippen LogP contribution in [0.25, 0.3) is 6.08 Å². The number of nitrogens with one attached hydrogen (secondary N) is 1. The van der Waals surface area contributed by atoms with Crippen LogP contribution in [0.3, 0.4) is 0 Å². The topological polar surface area (TPSA) is 52.9 Å². The quantitative estimate of drug-likeness (QED) is 0.348. The molecule has 29 heavy (non-hydrogen) atoms. The van der Waals surface area contributed by atoms with Crippen LogP contribution in [0.4, 0.5) is 10.1 Å². The molecule has 0 aliphatic rings. The monoisotopic (exact) mass is 468 g/mol. The molecular weight excluding hydrogens is 455 g/mol. The summed E-state index contributed by atoms with van der Waals surface area (Å²) in [4.78, 5) is 12.6. The number of hydrogen-bond donors (Lipinski definition) is 1. The number of benzene rings is 3. The minimum absolute atomic E-state index is 0.0714. The van der Waals surface area contributed by atoms with Crippen molar-refractivity contribution < 1.29 is 9.18 Å². The number of halogens is 3. The van der Waals surface area contributed by atoms with Crippen LogP contribution in [-0.2, 0) is 11.2 Å². The second-order valence-corrected chi connectivity index (χ2v) is 7.60. The van der Waals surface area contributed by atoms with Gasteiger partial charge in [0.25, 0.3) is 5.91 Å². The van der Waals surface area contributed by atoms with Crippen LogP contribution in [0.5, 0.6) is 0 Å². The van der Waals surface area contributed by atoms with Gasteiger partial charge in [-0.25, -0.2) is 4.39 Å². The Bertz CT molecular complexity index is 1140. The Kier molecular flexibility index (Phi) is 6.82. The Hall–Kier alpha value is -2.94. The first-order valence-electron chi connectivity index (χ1n) is 8.67. The molecule has 0 aromatic heterocycles. The predicted octanol–water partition coefficient (Wildman–Crippen LogP) is 6.38. The van der Waals surface area contributed by atoms with E-state index in [-0.39, 0.29) is 11.4 Å². The molecule has 6 heteroatoms. The lowest BCUT2D eigenvalue weighted by Crippen LogP contribution is -2.13. The molecule has 0 aliphatic heterocycles. The summed E-state index contributed by atoms with van der Waals surface area (Å²) in [5, 5.41) is 12.6. The van der Waals surface area contributed by atoms with Gasteiger partial charge in [-0.2, -0.15) is 5.26 Å². The minimum Gasteiger partial charge on any atom is -0.321 e. The van der Waals surface area contributed by atoms with Crippen molar-refractivity contribution in [2.45, 2.75) is 6.42 Å². The van der Waals surface area contributed by atoms with Gasteiger partial charge in [-0.15, -0.1) is 0 Å². The van der Waals surface area contributed by atoms with Crippen LogP contribution < -0.4 is 5.32 Å². The maximum atomic E-state index is 14.1. The van der Waals surface area contributed by atoms with E-state index in [0.29, 0.717) is 28.3 Å². The molecule has 0 saturated heterocycles. The maximum Gasteiger partial charge on any atom is 0.266 e. The number of nitrogens with zero attached hydrogens (tertiary/aromatic N) is 1. The summed E-state index contributed by atoms with van der Waals surface area (Å²) in [7, 11) is 0. The average Bonchev–Trinajstić information content (AvgIpc) is 2.69. The lowest BCUT2D eigenvalue weighted by atomic mass is 9.98. The van der Waals surface area contributed by atoms with Crippen molar-refractivity contribution in [3.05, 3.63) is 104 Å². The van der Waals surface area contributed by atoms with Gasteiger partial charge in [0.05, 0.1) is 0 Å². The van der Waals surface area contributed by atoms with Gasteiger partial charge in [-0.1, -0.05) is 57.9 Å². The summed E-state index contributed by atoms with van der Waals surface area (Å²) in [6, 6.07) is 20.6. The standard InChI is InChI=1S/C23H15BrClFN2O/c24-19-9-8-15(10-16-4-1-2-7-22(16)26)17(12-19)11-18(14-27)23(29)28-21-6-3-5-20(25)13-21/h1-9,11-13H,10H2,(H,28,29)/b18-11+. The molecule has 0 fully saturated rings. The summed E-state index contributed by atoms with van der Waals surface area (Å²) in [6.07, 6.45) is 1.83. The molecule has 0 aliphatic carbocycles. The van der Waals surface area contributed by atoms with Crippen LogP contribution in [0.2, 0.25) is 5.02 Å². The Morgan fingerprint density at radius 2 is 1.90 bits per heavy atom. The summed E-state index contributed by atoms with van der Waals surface area (Å²) in [6.45, 7) is 0. The van der Waals surface area contributed by atoms with Gasteiger partial charge in [-0.05, 0) is 59.2 Å². The lowest BCUT2D eigenvalue weighted by Gasteiger charge is -2.09. The van der Waals surface area contributed by atoms with Crippen molar-refractivity contribution in [2.24, 2.45) is 0 Å². The van der Waals surface area contributed by atoms with E-state index in [1.165, 1.54) is 12.1 Å². The minimum atomic E-state index is -0.549. The van der Waals surface area contributed by atoms with Gasteiger partial charge in [0.15, 0.2) is 0 Å². The summed E-state index contributed by atoms with van der Waals surface area (Å²) < 4.78 is 14.9. The highest BCUT2D eigenvalue weighted by atomic mass is 79.9. The largest absolute Gasteiger partial charge is 0.321 e. The first kappa shape index (κ1) is 20.8. The molecule has 0 heterocycles. The summed E-state index contributed by atoms with van der Waals surface area (Å²) in [5.74, 6) is -0.851. The Balaban J connectivity index is 1.92. The molecular formula is C23H15BrClFN2O. The summed E-state index contributed by atoms with van der Waals surface area (Å²) in [5.41, 5.74) is 2.40. The van der Waals surface area contributed by atoms with E-state index in [2.05, 4.69) is 21.2 Å². The van der Waals surface area contributed by atoms with Crippen molar-refractivity contribution in [2.75, 3.05) is 5.32 Å². The maximum absolute atomic E-state index is 14.1. The van der Waals surface area contributed by atoms with E-state index in [0.717, 1.165) is 10.0 Å². The number of hydrogen-bond acceptors (Lipinski definition) is 2. The molecule has 1 amide bonds. The van der Waals surface area contributed by atoms with Crippen LogP contribution in [0.15, 0.2) is 76.8 Å². The summed E-state index contributed by atoms with van der Waals surface area (Å²) >= 11 is 9.34. The lowest BCUT2D eigenvalue weighted by molar-refractivity contribution is -0.112. The molecule has 0 atom stereocenters. The zero-order valence-electron chi connectivity index (χ0n) is 15.1. The fraction of sp³-hybridized carbons (Fsp3) is 0.0435. The smallest absolute Gasteiger partial charge is 0.266 e. The molecule has 0 saturated carbocycles. The highest BCUT2D eigenvalue weighted by Gasteiger charge is 2.13. The molecule has 0 radical (unpaired) electrons. The first-order valence-corrected chi connectivity index (χ1v) is 9.84. The van der Waals surface area contributed by atoms with Crippen molar-refractivity contribution in [1.29, 1.82) is 5.26 Å². The van der Waals surface area contributed by atoms with Crippen LogP contribution in [0.1, 0.15) is 16.7 Å². The van der Waals surface area contributed by atoms with Crippen LogP contribution >= 0.6 is 27.5 Å². The molecule has 3 rings (SSSR count). The normalized spacial score (nSPS) is 11.0. The van der Waals surface area contributed by atoms with Crippen molar-refractivity contribution in [3.63, 3.8) is 0 Å². The fourth-order valence-corrected chi connectivity index (χ4v) is 3.35. The third-order valence-electron chi connectivity index (χ3n) is 4.19. The van der Waals surface area contributed by atoms with E-state index in [1.54, 1.807) is 48.5 Å². The van der Waals surface area contributed by atoms with E-state index in [1.807, 2.05) is 18.2 Å². The number of amides is 1. The molecule has 0 bridgehead atoms. The number of carbonyl (C=O) groups excluding carboxylic acids is 1. The molecule has 3 aromatic rings. The van der Waals surface area contributed by atoms with E-state index < -0.39 is 5.91 Å². The molecule has 144 valence electrons. The van der Waals surface area contributed by atoms with Gasteiger partial charge in [0.2, 0.25) is 0 Å². The fourth-order valence-electron chi connectivity index (χ4n) is 2.78. The Morgan fingerprint density at radius 3 is 2.62 bits per heavy atom. The molecule has 3 aromatic carbocycles. The highest BCUT2D eigenvalue weighted by Crippen LogP contribution is 2.24. The number of anilines is 1. The van der Waals surface area contributed by atoms with E-state index in [9.17, 15) is 14.4 Å². The highest BCUT2D eigenvalue weighted by molar-refractivity contribution is 9.10. The van der Waals surface area contributed by atoms with Crippen LogP contribution in [-0.4, -0.2) is 5.91 Å². The Morgan fingerprint density at radius 1 is 1.10 bits per heavy atom. The number of rotatable bonds is 5. The number of carbonyl (C=O) groups is 1. The van der Waals surface area contributed by atoms with Gasteiger partial charge in [-0.3, -0.25) is 4.79 Å². The van der Waals surface area contributed by atoms with Crippen molar-refractivity contribution >= 4 is 45.2 Å². The third-order valence-corrected chi connectivity index (χ3v) is 4.92. The second-order valence-electron chi connectivity index (χ2n) is 6.25. The van der Waals surface area contributed by atoms with Gasteiger partial charge in [0.1, 0.15) is 17.5 Å². The van der Waals surface area contributed by atoms with Gasteiger partial charge < -0.3 is 5.32 Å². The Labute approximate surface area is 181 Å². The van der Waals surface area contributed by atoms with Gasteiger partial charge in [0, 0.05) is 21.6 Å². The van der Waals surface area contributed by atoms with E-state index in [4.69, 9.17) is 11.6 Å².